The van der Waals surface area contributed by atoms with E-state index in [1.54, 1.807) is 11.8 Å². The van der Waals surface area contributed by atoms with Crippen LogP contribution in [0.3, 0.4) is 0 Å². The smallest absolute Gasteiger partial charge is 0.232 e. The van der Waals surface area contributed by atoms with Crippen molar-refractivity contribution in [2.45, 2.75) is 24.7 Å². The molecule has 0 bridgehead atoms. The Labute approximate surface area is 149 Å². The lowest BCUT2D eigenvalue weighted by Gasteiger charge is -2.32. The number of nitrogens with zero attached hydrogens (tertiary/aromatic N) is 1. The molecule has 2 rings (SSSR count). The first-order chi connectivity index (χ1) is 10.7. The van der Waals surface area contributed by atoms with Gasteiger partial charge in [-0.05, 0) is 63.5 Å². The Bertz CT molecular complexity index is 468. The SMILES string of the molecule is CCOc1ccc(SCC(=O)N2CCCC(CNC)C2)cc1.Cl. The van der Waals surface area contributed by atoms with E-state index in [1.165, 1.54) is 6.42 Å². The summed E-state index contributed by atoms with van der Waals surface area (Å²) in [6, 6.07) is 7.95. The van der Waals surface area contributed by atoms with Crippen LogP contribution in [0.15, 0.2) is 29.2 Å². The van der Waals surface area contributed by atoms with Crippen molar-refractivity contribution in [2.75, 3.05) is 39.0 Å². The second-order valence-corrected chi connectivity index (χ2v) is 6.65. The first-order valence-electron chi connectivity index (χ1n) is 8.01. The minimum atomic E-state index is 0. The molecular weight excluding hydrogens is 332 g/mol. The van der Waals surface area contributed by atoms with Crippen LogP contribution < -0.4 is 10.1 Å². The largest absolute Gasteiger partial charge is 0.494 e. The number of carbonyl (C=O) groups is 1. The molecular formula is C17H27ClN2O2S. The molecule has 1 aliphatic heterocycles. The number of likely N-dealkylation sites (tertiary alicyclic amines) is 1. The molecule has 1 aromatic rings. The third-order valence-corrected chi connectivity index (χ3v) is 4.86. The molecule has 1 unspecified atom stereocenters. The van der Waals surface area contributed by atoms with Gasteiger partial charge >= 0.3 is 0 Å². The highest BCUT2D eigenvalue weighted by molar-refractivity contribution is 8.00. The van der Waals surface area contributed by atoms with Gasteiger partial charge in [-0.3, -0.25) is 4.79 Å². The summed E-state index contributed by atoms with van der Waals surface area (Å²) in [6.07, 6.45) is 2.34. The summed E-state index contributed by atoms with van der Waals surface area (Å²) < 4.78 is 5.43. The molecule has 1 heterocycles. The number of thioether (sulfide) groups is 1. The van der Waals surface area contributed by atoms with Crippen LogP contribution in [0, 0.1) is 5.92 Å². The highest BCUT2D eigenvalue weighted by atomic mass is 35.5. The normalized spacial score (nSPS) is 17.5. The molecule has 0 aromatic heterocycles. The van der Waals surface area contributed by atoms with E-state index in [0.717, 1.165) is 36.7 Å². The van der Waals surface area contributed by atoms with Crippen molar-refractivity contribution in [1.29, 1.82) is 0 Å². The quantitative estimate of drug-likeness (QED) is 0.760. The van der Waals surface area contributed by atoms with Crippen molar-refractivity contribution >= 4 is 30.1 Å². The number of amides is 1. The second-order valence-electron chi connectivity index (χ2n) is 5.60. The molecule has 1 saturated heterocycles. The molecule has 4 nitrogen and oxygen atoms in total. The Morgan fingerprint density at radius 3 is 2.78 bits per heavy atom. The predicted molar refractivity (Wildman–Crippen MR) is 98.8 cm³/mol. The number of piperidine rings is 1. The Hall–Kier alpha value is -0.910. The van der Waals surface area contributed by atoms with Gasteiger partial charge in [0.25, 0.3) is 0 Å². The van der Waals surface area contributed by atoms with Gasteiger partial charge < -0.3 is 15.0 Å². The summed E-state index contributed by atoms with van der Waals surface area (Å²) in [6.45, 7) is 5.44. The van der Waals surface area contributed by atoms with Crippen LogP contribution in [0.1, 0.15) is 19.8 Å². The molecule has 23 heavy (non-hydrogen) atoms. The van der Waals surface area contributed by atoms with E-state index >= 15 is 0 Å². The Balaban J connectivity index is 0.00000264. The predicted octanol–water partition coefficient (Wildman–Crippen LogP) is 3.06. The van der Waals surface area contributed by atoms with Crippen LogP contribution in [-0.2, 0) is 4.79 Å². The Morgan fingerprint density at radius 2 is 2.13 bits per heavy atom. The first kappa shape index (κ1) is 20.1. The van der Waals surface area contributed by atoms with Gasteiger partial charge in [0.2, 0.25) is 5.91 Å². The number of carbonyl (C=O) groups excluding carboxylic acids is 1. The van der Waals surface area contributed by atoms with Crippen molar-refractivity contribution in [1.82, 2.24) is 10.2 Å². The fraction of sp³-hybridized carbons (Fsp3) is 0.588. The van der Waals surface area contributed by atoms with Gasteiger partial charge in [0, 0.05) is 18.0 Å². The molecule has 1 N–H and O–H groups in total. The van der Waals surface area contributed by atoms with Crippen molar-refractivity contribution < 1.29 is 9.53 Å². The molecule has 0 saturated carbocycles. The topological polar surface area (TPSA) is 41.6 Å². The lowest BCUT2D eigenvalue weighted by atomic mass is 9.98. The molecule has 1 fully saturated rings. The lowest BCUT2D eigenvalue weighted by Crippen LogP contribution is -2.43. The fourth-order valence-electron chi connectivity index (χ4n) is 2.78. The zero-order valence-electron chi connectivity index (χ0n) is 13.9. The number of benzene rings is 1. The summed E-state index contributed by atoms with van der Waals surface area (Å²) in [4.78, 5) is 15.5. The average Bonchev–Trinajstić information content (AvgIpc) is 2.55. The van der Waals surface area contributed by atoms with Crippen LogP contribution >= 0.6 is 24.2 Å². The molecule has 130 valence electrons. The first-order valence-corrected chi connectivity index (χ1v) is 8.99. The Kier molecular flexibility index (Phi) is 9.44. The summed E-state index contributed by atoms with van der Waals surface area (Å²) in [5.74, 6) is 2.24. The van der Waals surface area contributed by atoms with Gasteiger partial charge in [-0.2, -0.15) is 0 Å². The van der Waals surface area contributed by atoms with E-state index in [1.807, 2.05) is 43.1 Å². The van der Waals surface area contributed by atoms with E-state index in [4.69, 9.17) is 4.74 Å². The van der Waals surface area contributed by atoms with Gasteiger partial charge in [-0.25, -0.2) is 0 Å². The van der Waals surface area contributed by atoms with Gasteiger partial charge in [-0.1, -0.05) is 0 Å². The minimum Gasteiger partial charge on any atom is -0.494 e. The van der Waals surface area contributed by atoms with Gasteiger partial charge in [0.1, 0.15) is 5.75 Å². The summed E-state index contributed by atoms with van der Waals surface area (Å²) in [5, 5.41) is 3.22. The molecule has 1 amide bonds. The highest BCUT2D eigenvalue weighted by Gasteiger charge is 2.22. The van der Waals surface area contributed by atoms with E-state index in [2.05, 4.69) is 5.32 Å². The third kappa shape index (κ3) is 6.61. The maximum absolute atomic E-state index is 12.4. The van der Waals surface area contributed by atoms with Crippen molar-refractivity contribution in [3.05, 3.63) is 24.3 Å². The molecule has 6 heteroatoms. The number of ether oxygens (including phenoxy) is 1. The maximum atomic E-state index is 12.4. The van der Waals surface area contributed by atoms with Crippen LogP contribution in [0.2, 0.25) is 0 Å². The van der Waals surface area contributed by atoms with Gasteiger partial charge in [0.15, 0.2) is 0 Å². The zero-order chi connectivity index (χ0) is 15.8. The van der Waals surface area contributed by atoms with Crippen LogP contribution in [-0.4, -0.2) is 49.8 Å². The second kappa shape index (κ2) is 10.8. The van der Waals surface area contributed by atoms with Gasteiger partial charge in [0.05, 0.1) is 12.4 Å². The number of nitrogens with one attached hydrogen (secondary N) is 1. The van der Waals surface area contributed by atoms with Crippen LogP contribution in [0.25, 0.3) is 0 Å². The lowest BCUT2D eigenvalue weighted by molar-refractivity contribution is -0.130. The van der Waals surface area contributed by atoms with Crippen LogP contribution in [0.4, 0.5) is 0 Å². The van der Waals surface area contributed by atoms with Gasteiger partial charge in [-0.15, -0.1) is 24.2 Å². The Morgan fingerprint density at radius 1 is 1.39 bits per heavy atom. The van der Waals surface area contributed by atoms with Crippen molar-refractivity contribution in [3.63, 3.8) is 0 Å². The summed E-state index contributed by atoms with van der Waals surface area (Å²) in [5.41, 5.74) is 0. The summed E-state index contributed by atoms with van der Waals surface area (Å²) in [7, 11) is 1.97. The molecule has 0 radical (unpaired) electrons. The molecule has 1 aromatic carbocycles. The fourth-order valence-corrected chi connectivity index (χ4v) is 3.58. The van der Waals surface area contributed by atoms with Crippen molar-refractivity contribution in [2.24, 2.45) is 5.92 Å². The summed E-state index contributed by atoms with van der Waals surface area (Å²) >= 11 is 1.60. The zero-order valence-corrected chi connectivity index (χ0v) is 15.5. The van der Waals surface area contributed by atoms with Crippen LogP contribution in [0.5, 0.6) is 5.75 Å². The highest BCUT2D eigenvalue weighted by Crippen LogP contribution is 2.23. The van der Waals surface area contributed by atoms with E-state index < -0.39 is 0 Å². The third-order valence-electron chi connectivity index (χ3n) is 3.86. The number of rotatable bonds is 7. The minimum absolute atomic E-state index is 0. The standard InChI is InChI=1S/C17H26N2O2S.ClH/c1-3-21-15-6-8-16(9-7-15)22-13-17(20)19-10-4-5-14(12-19)11-18-2;/h6-9,14,18H,3-5,10-13H2,1-2H3;1H. The van der Waals surface area contributed by atoms with Crippen molar-refractivity contribution in [3.8, 4) is 5.75 Å². The molecule has 0 spiro atoms. The van der Waals surface area contributed by atoms with E-state index in [-0.39, 0.29) is 18.3 Å². The average molecular weight is 359 g/mol. The maximum Gasteiger partial charge on any atom is 0.232 e. The monoisotopic (exact) mass is 358 g/mol. The molecule has 0 aliphatic carbocycles. The molecule has 1 atom stereocenters. The number of hydrogen-bond acceptors (Lipinski definition) is 4. The van der Waals surface area contributed by atoms with E-state index in [0.29, 0.717) is 18.3 Å². The number of hydrogen-bond donors (Lipinski definition) is 1. The number of halogens is 1. The molecule has 1 aliphatic rings. The van der Waals surface area contributed by atoms with E-state index in [9.17, 15) is 4.79 Å².